The first-order valence-corrected chi connectivity index (χ1v) is 17.9. The first-order chi connectivity index (χ1) is 25.1. The van der Waals surface area contributed by atoms with Gasteiger partial charge in [0.25, 0.3) is 7.41 Å². The monoisotopic (exact) mass is 674 g/mol. The molecule has 2 saturated heterocycles. The van der Waals surface area contributed by atoms with Crippen LogP contribution >= 0.6 is 0 Å². The number of piperazine rings is 2. The van der Waals surface area contributed by atoms with Gasteiger partial charge in [0.2, 0.25) is 0 Å². The quantitative estimate of drug-likeness (QED) is 0.150. The Kier molecular flexibility index (Phi) is 11.1. The van der Waals surface area contributed by atoms with Crippen molar-refractivity contribution in [2.75, 3.05) is 58.1 Å². The predicted octanol–water partition coefficient (Wildman–Crippen LogP) is 6.03. The minimum Gasteiger partial charge on any atom is -0.383 e. The fourth-order valence-corrected chi connectivity index (χ4v) is 7.18. The number of hydrogen-bond donors (Lipinski definition) is 2. The van der Waals surface area contributed by atoms with Crippen molar-refractivity contribution in [1.29, 1.82) is 0 Å². The molecule has 9 heteroatoms. The standard InChI is InChI=1S/C22H23BN3O.C20H22N4/c1-17-20-8-7-18(15-25-9-11-26(12-10-25)23-16-27)13-21(20)22(14-24-17)19-5-3-2-4-6-19;21-20-17-7-6-15(14-24-10-8-22-9-11-24)12-18(17)19(13-23-20)16-4-2-1-3-5-16/h2-8,13-14,16H,9-12,15H2,1H3;1-7,12-13,22H,8-11,14H2,(H2,21,23). The van der Waals surface area contributed by atoms with E-state index in [0.717, 1.165) is 88.3 Å². The normalized spacial score (nSPS) is 15.7. The number of hydrogen-bond acceptors (Lipinski definition) is 8. The number of nitrogens with zero attached hydrogens (tertiary/aromatic N) is 5. The predicted molar refractivity (Wildman–Crippen MR) is 211 cm³/mol. The van der Waals surface area contributed by atoms with Crippen molar-refractivity contribution in [3.8, 4) is 22.3 Å². The smallest absolute Gasteiger partial charge is 0.293 e. The van der Waals surface area contributed by atoms with Crippen molar-refractivity contribution in [2.24, 2.45) is 0 Å². The van der Waals surface area contributed by atoms with Crippen molar-refractivity contribution in [2.45, 2.75) is 20.0 Å². The number of nitrogen functional groups attached to an aromatic ring is 1. The molecule has 4 aromatic carbocycles. The van der Waals surface area contributed by atoms with E-state index in [9.17, 15) is 4.79 Å². The zero-order valence-electron chi connectivity index (χ0n) is 29.3. The molecule has 2 aliphatic heterocycles. The second-order valence-electron chi connectivity index (χ2n) is 13.4. The summed E-state index contributed by atoms with van der Waals surface area (Å²) in [6, 6.07) is 34.2. The Morgan fingerprint density at radius 3 is 1.78 bits per heavy atom. The Balaban J connectivity index is 0.000000160. The van der Waals surface area contributed by atoms with Crippen LogP contribution < -0.4 is 11.1 Å². The van der Waals surface area contributed by atoms with Crippen LogP contribution in [0, 0.1) is 6.92 Å². The Hall–Kier alpha value is -4.93. The second-order valence-corrected chi connectivity index (χ2v) is 13.4. The van der Waals surface area contributed by atoms with E-state index in [1.54, 1.807) is 7.41 Å². The summed E-state index contributed by atoms with van der Waals surface area (Å²) in [5.74, 6) is 0.596. The Morgan fingerprint density at radius 1 is 0.667 bits per heavy atom. The fraction of sp³-hybridized carbons (Fsp3) is 0.262. The molecule has 1 radical (unpaired) electrons. The van der Waals surface area contributed by atoms with E-state index in [4.69, 9.17) is 5.73 Å². The van der Waals surface area contributed by atoms with Crippen molar-refractivity contribution < 1.29 is 4.79 Å². The molecule has 0 unspecified atom stereocenters. The number of rotatable bonds is 8. The molecule has 0 amide bonds. The molecule has 6 aromatic rings. The summed E-state index contributed by atoms with van der Waals surface area (Å²) < 4.78 is 0. The maximum atomic E-state index is 10.6. The summed E-state index contributed by atoms with van der Waals surface area (Å²) in [5, 5.41) is 8.09. The largest absolute Gasteiger partial charge is 0.383 e. The summed E-state index contributed by atoms with van der Waals surface area (Å²) in [6.45, 7) is 12.1. The summed E-state index contributed by atoms with van der Waals surface area (Å²) in [7, 11) is 1.65. The van der Waals surface area contributed by atoms with Gasteiger partial charge in [-0.2, -0.15) is 0 Å². The van der Waals surface area contributed by atoms with Crippen LogP contribution in [0.3, 0.4) is 0 Å². The molecular formula is C42H45BN7O. The van der Waals surface area contributed by atoms with Gasteiger partial charge in [-0.1, -0.05) is 84.9 Å². The number of nitrogens with one attached hydrogen (secondary N) is 1. The highest BCUT2D eigenvalue weighted by molar-refractivity contribution is 6.64. The molecule has 4 heterocycles. The molecule has 8 rings (SSSR count). The first kappa shape index (κ1) is 34.5. The Morgan fingerprint density at radius 2 is 1.20 bits per heavy atom. The molecule has 257 valence electrons. The summed E-state index contributed by atoms with van der Waals surface area (Å²) in [4.78, 5) is 26.7. The molecule has 2 aromatic heterocycles. The van der Waals surface area contributed by atoms with E-state index in [1.165, 1.54) is 44.0 Å². The molecule has 2 fully saturated rings. The molecule has 3 N–H and O–H groups in total. The third kappa shape index (κ3) is 8.35. The topological polar surface area (TPSA) is 90.6 Å². The zero-order valence-corrected chi connectivity index (χ0v) is 29.3. The lowest BCUT2D eigenvalue weighted by Crippen LogP contribution is -2.47. The van der Waals surface area contributed by atoms with Crippen molar-refractivity contribution in [1.82, 2.24) is 29.9 Å². The average Bonchev–Trinajstić information content (AvgIpc) is 3.17. The fourth-order valence-electron chi connectivity index (χ4n) is 7.18. The number of pyridine rings is 2. The SMILES string of the molecule is Cc1ncc(-c2ccccc2)c2cc(CN3CCN([B]C=O)CC3)ccc12.Nc1ncc(-c2ccccc2)c2cc(CN3CCNCC3)ccc12. The van der Waals surface area contributed by atoms with Gasteiger partial charge in [-0.3, -0.25) is 14.8 Å². The lowest BCUT2D eigenvalue weighted by Gasteiger charge is -2.33. The summed E-state index contributed by atoms with van der Waals surface area (Å²) in [5.41, 5.74) is 14.5. The van der Waals surface area contributed by atoms with Crippen LogP contribution in [0.15, 0.2) is 109 Å². The molecule has 2 aliphatic rings. The maximum Gasteiger partial charge on any atom is 0.293 e. The number of benzene rings is 4. The van der Waals surface area contributed by atoms with E-state index in [-0.39, 0.29) is 0 Å². The van der Waals surface area contributed by atoms with E-state index < -0.39 is 0 Å². The van der Waals surface area contributed by atoms with Crippen LogP contribution in [-0.2, 0) is 17.9 Å². The van der Waals surface area contributed by atoms with Gasteiger partial charge >= 0.3 is 0 Å². The van der Waals surface area contributed by atoms with Gasteiger partial charge in [-0.25, -0.2) is 4.98 Å². The molecule has 0 bridgehead atoms. The van der Waals surface area contributed by atoms with Crippen LogP contribution in [0.2, 0.25) is 0 Å². The van der Waals surface area contributed by atoms with Crippen molar-refractivity contribution >= 4 is 41.0 Å². The van der Waals surface area contributed by atoms with E-state index in [1.807, 2.05) is 24.5 Å². The van der Waals surface area contributed by atoms with E-state index in [0.29, 0.717) is 5.82 Å². The molecule has 0 spiro atoms. The van der Waals surface area contributed by atoms with Crippen LogP contribution in [0.1, 0.15) is 16.8 Å². The molecular weight excluding hydrogens is 629 g/mol. The first-order valence-electron chi connectivity index (χ1n) is 17.9. The highest BCUT2D eigenvalue weighted by Gasteiger charge is 2.18. The molecule has 0 saturated carbocycles. The number of fused-ring (bicyclic) bond motifs is 2. The van der Waals surface area contributed by atoms with Gasteiger partial charge in [-0.15, -0.1) is 0 Å². The molecule has 8 nitrogen and oxygen atoms in total. The van der Waals surface area contributed by atoms with E-state index >= 15 is 0 Å². The average molecular weight is 675 g/mol. The Bertz CT molecular complexity index is 2080. The minimum absolute atomic E-state index is 0.596. The van der Waals surface area contributed by atoms with Gasteiger partial charge in [-0.05, 0) is 52.1 Å². The third-order valence-electron chi connectivity index (χ3n) is 10.0. The number of aryl methyl sites for hydroxylation is 1. The van der Waals surface area contributed by atoms with Crippen LogP contribution in [0.5, 0.6) is 0 Å². The minimum atomic E-state index is 0.596. The lowest BCUT2D eigenvalue weighted by atomic mass is 9.93. The number of carbonyl (C=O) groups is 1. The third-order valence-corrected chi connectivity index (χ3v) is 10.0. The maximum absolute atomic E-state index is 10.6. The second kappa shape index (κ2) is 16.4. The number of nitrogens with two attached hydrogens (primary N) is 1. The van der Waals surface area contributed by atoms with Gasteiger partial charge in [0, 0.05) is 105 Å². The summed E-state index contributed by atoms with van der Waals surface area (Å²) >= 11 is 0. The van der Waals surface area contributed by atoms with Gasteiger partial charge < -0.3 is 20.7 Å². The van der Waals surface area contributed by atoms with Crippen molar-refractivity contribution in [3.63, 3.8) is 0 Å². The highest BCUT2D eigenvalue weighted by atomic mass is 16.1. The van der Waals surface area contributed by atoms with Crippen LogP contribution in [0.25, 0.3) is 43.8 Å². The van der Waals surface area contributed by atoms with E-state index in [2.05, 4.69) is 122 Å². The number of anilines is 1. The number of carbonyl (C=O) groups excluding carboxylic acids is 1. The van der Waals surface area contributed by atoms with Crippen LogP contribution in [-0.4, -0.2) is 90.5 Å². The lowest BCUT2D eigenvalue weighted by molar-refractivity contribution is 0.183. The molecule has 51 heavy (non-hydrogen) atoms. The molecule has 0 atom stereocenters. The van der Waals surface area contributed by atoms with Gasteiger partial charge in [0.1, 0.15) is 5.82 Å². The Labute approximate surface area is 301 Å². The van der Waals surface area contributed by atoms with Crippen LogP contribution in [0.4, 0.5) is 5.82 Å². The molecule has 0 aliphatic carbocycles. The number of aromatic nitrogens is 2. The van der Waals surface area contributed by atoms with Gasteiger partial charge in [0.05, 0.1) is 6.19 Å². The zero-order chi connectivity index (χ0) is 35.0. The summed E-state index contributed by atoms with van der Waals surface area (Å²) in [6.07, 6.45) is 4.76. The van der Waals surface area contributed by atoms with Crippen molar-refractivity contribution in [3.05, 3.63) is 126 Å². The van der Waals surface area contributed by atoms with Gasteiger partial charge in [0.15, 0.2) is 0 Å². The highest BCUT2D eigenvalue weighted by Crippen LogP contribution is 2.32.